The van der Waals surface area contributed by atoms with Crippen LogP contribution in [0, 0.1) is 34.5 Å². The van der Waals surface area contributed by atoms with E-state index in [1.54, 1.807) is 24.3 Å². The van der Waals surface area contributed by atoms with Gasteiger partial charge in [-0.05, 0) is 79.9 Å². The monoisotopic (exact) mass is 393 g/mol. The Morgan fingerprint density at radius 3 is 2.66 bits per heavy atom. The van der Waals surface area contributed by atoms with E-state index < -0.39 is 0 Å². The number of phenols is 1. The number of hydrogen-bond acceptors (Lipinski definition) is 3. The molecule has 4 nitrogen and oxygen atoms in total. The molecule has 0 radical (unpaired) electrons. The molecule has 1 aromatic rings. The minimum Gasteiger partial charge on any atom is -0.507 e. The third kappa shape index (κ3) is 2.64. The number of aromatic hydroxyl groups is 1. The van der Waals surface area contributed by atoms with Crippen molar-refractivity contribution in [3.05, 3.63) is 42.0 Å². The van der Waals surface area contributed by atoms with Crippen LogP contribution in [0.5, 0.6) is 5.75 Å². The van der Waals surface area contributed by atoms with E-state index in [-0.39, 0.29) is 40.2 Å². The molecule has 7 atom stereocenters. The standard InChI is InChI=1S/C25H31NO3/c1-24-13-11-18-15(7-10-21-25(18,2)14-12-22(28)26-21)17(24)8-9-19(24)23(29)16-5-3-4-6-20(16)27/h3-6,12,14-15,17-19,21,27H,7-11,13H2,1-2H3,(H,26,28)/t15-,17-,18+,19?,21?,24-,25+/m0/s1. The second kappa shape index (κ2) is 6.45. The van der Waals surface area contributed by atoms with Gasteiger partial charge in [0.1, 0.15) is 5.75 Å². The van der Waals surface area contributed by atoms with Gasteiger partial charge in [0, 0.05) is 17.4 Å². The van der Waals surface area contributed by atoms with E-state index in [2.05, 4.69) is 25.2 Å². The molecule has 1 amide bonds. The van der Waals surface area contributed by atoms with E-state index in [1.165, 1.54) is 0 Å². The summed E-state index contributed by atoms with van der Waals surface area (Å²) >= 11 is 0. The smallest absolute Gasteiger partial charge is 0.243 e. The number of amides is 1. The second-order valence-electron chi connectivity index (χ2n) is 10.3. The molecule has 2 unspecified atom stereocenters. The van der Waals surface area contributed by atoms with Crippen LogP contribution in [-0.4, -0.2) is 22.8 Å². The molecule has 1 aliphatic heterocycles. The number of nitrogens with one attached hydrogen (secondary N) is 1. The van der Waals surface area contributed by atoms with Crippen molar-refractivity contribution in [3.8, 4) is 5.75 Å². The van der Waals surface area contributed by atoms with Gasteiger partial charge in [0.15, 0.2) is 5.78 Å². The van der Waals surface area contributed by atoms with Crippen molar-refractivity contribution in [2.45, 2.75) is 58.4 Å². The number of fused-ring (bicyclic) bond motifs is 5. The Kier molecular flexibility index (Phi) is 4.20. The zero-order chi connectivity index (χ0) is 20.4. The first-order valence-electron chi connectivity index (χ1n) is 11.2. The Morgan fingerprint density at radius 2 is 1.86 bits per heavy atom. The van der Waals surface area contributed by atoms with E-state index in [9.17, 15) is 14.7 Å². The lowest BCUT2D eigenvalue weighted by molar-refractivity contribution is -0.122. The summed E-state index contributed by atoms with van der Waals surface area (Å²) in [6, 6.07) is 7.23. The number of hydrogen-bond donors (Lipinski definition) is 2. The highest BCUT2D eigenvalue weighted by molar-refractivity contribution is 6.00. The fourth-order valence-corrected chi connectivity index (χ4v) is 7.63. The number of carbonyl (C=O) groups is 2. The van der Waals surface area contributed by atoms with Gasteiger partial charge in [-0.15, -0.1) is 0 Å². The van der Waals surface area contributed by atoms with Crippen molar-refractivity contribution in [2.24, 2.45) is 34.5 Å². The molecule has 1 aromatic carbocycles. The predicted molar refractivity (Wildman–Crippen MR) is 111 cm³/mol. The maximum atomic E-state index is 13.4. The first kappa shape index (κ1) is 18.9. The molecular formula is C25H31NO3. The third-order valence-corrected chi connectivity index (χ3v) is 9.17. The van der Waals surface area contributed by atoms with Crippen LogP contribution in [0.25, 0.3) is 0 Å². The van der Waals surface area contributed by atoms with E-state index in [0.717, 1.165) is 38.5 Å². The molecule has 4 aliphatic rings. The summed E-state index contributed by atoms with van der Waals surface area (Å²) in [5, 5.41) is 13.4. The van der Waals surface area contributed by atoms with Crippen LogP contribution in [0.15, 0.2) is 36.4 Å². The highest BCUT2D eigenvalue weighted by Crippen LogP contribution is 2.65. The fraction of sp³-hybridized carbons (Fsp3) is 0.600. The Labute approximate surface area is 172 Å². The third-order valence-electron chi connectivity index (χ3n) is 9.17. The van der Waals surface area contributed by atoms with E-state index in [0.29, 0.717) is 23.3 Å². The van der Waals surface area contributed by atoms with Crippen LogP contribution in [0.3, 0.4) is 0 Å². The lowest BCUT2D eigenvalue weighted by atomic mass is 9.47. The molecule has 5 rings (SSSR count). The minimum absolute atomic E-state index is 0.00531. The van der Waals surface area contributed by atoms with Crippen LogP contribution in [-0.2, 0) is 4.79 Å². The summed E-state index contributed by atoms with van der Waals surface area (Å²) in [7, 11) is 0. The molecule has 154 valence electrons. The molecule has 0 saturated heterocycles. The first-order valence-corrected chi connectivity index (χ1v) is 11.2. The van der Waals surface area contributed by atoms with E-state index >= 15 is 0 Å². The summed E-state index contributed by atoms with van der Waals surface area (Å²) in [6.45, 7) is 4.66. The Balaban J connectivity index is 1.44. The zero-order valence-corrected chi connectivity index (χ0v) is 17.4. The lowest BCUT2D eigenvalue weighted by Gasteiger charge is -2.58. The Morgan fingerprint density at radius 1 is 1.07 bits per heavy atom. The summed E-state index contributed by atoms with van der Waals surface area (Å²) < 4.78 is 0. The normalized spacial score (nSPS) is 43.1. The van der Waals surface area contributed by atoms with Gasteiger partial charge < -0.3 is 10.4 Å². The van der Waals surface area contributed by atoms with Gasteiger partial charge in [-0.3, -0.25) is 9.59 Å². The van der Waals surface area contributed by atoms with Crippen LogP contribution in [0.2, 0.25) is 0 Å². The SMILES string of the molecule is C[C@]12C=CC(=O)NC1CC[C@@H]1[C@H]2CC[C@]2(C)C(C(=O)c3ccccc3O)CC[C@@H]12. The molecule has 1 heterocycles. The number of para-hydroxylation sites is 1. The molecule has 3 fully saturated rings. The molecule has 4 heteroatoms. The summed E-state index contributed by atoms with van der Waals surface area (Å²) in [4.78, 5) is 25.3. The number of benzene rings is 1. The van der Waals surface area contributed by atoms with E-state index in [4.69, 9.17) is 0 Å². The van der Waals surface area contributed by atoms with Gasteiger partial charge in [0.2, 0.25) is 5.91 Å². The highest BCUT2D eigenvalue weighted by atomic mass is 16.3. The minimum atomic E-state index is -0.00567. The highest BCUT2D eigenvalue weighted by Gasteiger charge is 2.60. The molecular weight excluding hydrogens is 362 g/mol. The molecule has 0 spiro atoms. The van der Waals surface area contributed by atoms with Crippen molar-refractivity contribution in [3.63, 3.8) is 0 Å². The average Bonchev–Trinajstić information content (AvgIpc) is 3.05. The maximum absolute atomic E-state index is 13.4. The van der Waals surface area contributed by atoms with Crippen molar-refractivity contribution in [1.82, 2.24) is 5.32 Å². The zero-order valence-electron chi connectivity index (χ0n) is 17.4. The first-order chi connectivity index (χ1) is 13.8. The molecule has 0 bridgehead atoms. The quantitative estimate of drug-likeness (QED) is 0.728. The average molecular weight is 394 g/mol. The molecule has 3 saturated carbocycles. The van der Waals surface area contributed by atoms with Crippen molar-refractivity contribution in [2.75, 3.05) is 0 Å². The van der Waals surface area contributed by atoms with Crippen LogP contribution in [0.1, 0.15) is 62.7 Å². The summed E-state index contributed by atoms with van der Waals surface area (Å²) in [5.41, 5.74) is 0.513. The number of rotatable bonds is 2. The number of phenolic OH excluding ortho intramolecular Hbond substituents is 1. The maximum Gasteiger partial charge on any atom is 0.243 e. The van der Waals surface area contributed by atoms with E-state index in [1.807, 2.05) is 6.07 Å². The Bertz CT molecular complexity index is 892. The van der Waals surface area contributed by atoms with Gasteiger partial charge in [0.25, 0.3) is 0 Å². The van der Waals surface area contributed by atoms with Crippen molar-refractivity contribution in [1.29, 1.82) is 0 Å². The van der Waals surface area contributed by atoms with Crippen molar-refractivity contribution >= 4 is 11.7 Å². The molecule has 2 N–H and O–H groups in total. The number of carbonyl (C=O) groups excluding carboxylic acids is 2. The molecule has 0 aromatic heterocycles. The number of ketones is 1. The van der Waals surface area contributed by atoms with Gasteiger partial charge in [0.05, 0.1) is 5.56 Å². The van der Waals surface area contributed by atoms with Crippen molar-refractivity contribution < 1.29 is 14.7 Å². The molecule has 3 aliphatic carbocycles. The second-order valence-corrected chi connectivity index (χ2v) is 10.3. The van der Waals surface area contributed by atoms with Gasteiger partial charge in [-0.1, -0.05) is 32.1 Å². The molecule has 29 heavy (non-hydrogen) atoms. The Hall–Kier alpha value is -2.10. The van der Waals surface area contributed by atoms with Crippen LogP contribution < -0.4 is 5.32 Å². The lowest BCUT2D eigenvalue weighted by Crippen LogP contribution is -2.59. The summed E-state index contributed by atoms with van der Waals surface area (Å²) in [5.74, 6) is 1.98. The predicted octanol–water partition coefficient (Wildman–Crippen LogP) is 4.49. The number of Topliss-reactive ketones (excluding diaryl/α,β-unsaturated/α-hetero) is 1. The van der Waals surface area contributed by atoms with Crippen LogP contribution >= 0.6 is 0 Å². The summed E-state index contributed by atoms with van der Waals surface area (Å²) in [6.07, 6.45) is 10.2. The van der Waals surface area contributed by atoms with Gasteiger partial charge >= 0.3 is 0 Å². The van der Waals surface area contributed by atoms with Gasteiger partial charge in [-0.25, -0.2) is 0 Å². The van der Waals surface area contributed by atoms with Gasteiger partial charge in [-0.2, -0.15) is 0 Å². The topological polar surface area (TPSA) is 66.4 Å². The largest absolute Gasteiger partial charge is 0.507 e. The van der Waals surface area contributed by atoms with Crippen LogP contribution in [0.4, 0.5) is 0 Å². The fourth-order valence-electron chi connectivity index (χ4n) is 7.63.